The van der Waals surface area contributed by atoms with Crippen molar-refractivity contribution in [3.8, 4) is 0 Å². The highest BCUT2D eigenvalue weighted by Crippen LogP contribution is 2.44. The Morgan fingerprint density at radius 2 is 1.64 bits per heavy atom. The van der Waals surface area contributed by atoms with Gasteiger partial charge < -0.3 is 9.80 Å². The van der Waals surface area contributed by atoms with Crippen LogP contribution in [0.3, 0.4) is 0 Å². The van der Waals surface area contributed by atoms with Crippen LogP contribution < -0.4 is 0 Å². The number of hydrogen-bond donors (Lipinski definition) is 0. The molecule has 0 N–H and O–H groups in total. The van der Waals surface area contributed by atoms with Crippen LogP contribution in [-0.4, -0.2) is 48.9 Å². The summed E-state index contributed by atoms with van der Waals surface area (Å²) in [5.41, 5.74) is 2.55. The van der Waals surface area contributed by atoms with Gasteiger partial charge in [-0.25, -0.2) is 4.99 Å². The number of hydrogen-bond acceptors (Lipinski definition) is 4. The molecule has 0 saturated carbocycles. The number of piperazine rings is 1. The number of rotatable bonds is 1. The third-order valence-electron chi connectivity index (χ3n) is 5.05. The monoisotopic (exact) mass is 351 g/mol. The third kappa shape index (κ3) is 3.91. The molecular formula is C21H25N3S. The molecule has 25 heavy (non-hydrogen) atoms. The molecule has 2 heterocycles. The first-order valence-electron chi connectivity index (χ1n) is 9.11. The Labute approximate surface area is 154 Å². The second-order valence-electron chi connectivity index (χ2n) is 6.84. The fourth-order valence-corrected chi connectivity index (χ4v) is 4.74. The van der Waals surface area contributed by atoms with Gasteiger partial charge in [-0.2, -0.15) is 0 Å². The predicted octanol–water partition coefficient (Wildman–Crippen LogP) is 4.59. The van der Waals surface area contributed by atoms with Gasteiger partial charge in [0.2, 0.25) is 0 Å². The molecule has 2 aliphatic rings. The molecule has 0 aliphatic carbocycles. The highest BCUT2D eigenvalue weighted by Gasteiger charge is 2.23. The van der Waals surface area contributed by atoms with Crippen molar-refractivity contribution in [2.45, 2.75) is 23.0 Å². The Morgan fingerprint density at radius 3 is 2.44 bits per heavy atom. The molecule has 0 radical (unpaired) electrons. The average molecular weight is 352 g/mol. The average Bonchev–Trinajstić information content (AvgIpc) is 2.64. The van der Waals surface area contributed by atoms with E-state index in [1.165, 1.54) is 16.3 Å². The quantitative estimate of drug-likeness (QED) is 0.749. The highest BCUT2D eigenvalue weighted by molar-refractivity contribution is 7.99. The summed E-state index contributed by atoms with van der Waals surface area (Å²) < 4.78 is 0. The molecule has 1 atom stereocenters. The number of thioether (sulfide) groups is 1. The van der Waals surface area contributed by atoms with Gasteiger partial charge in [0.1, 0.15) is 5.84 Å². The molecule has 2 aromatic rings. The molecule has 1 saturated heterocycles. The molecule has 4 rings (SSSR count). The summed E-state index contributed by atoms with van der Waals surface area (Å²) in [5, 5.41) is 0.486. The van der Waals surface area contributed by atoms with Crippen molar-refractivity contribution in [3.63, 3.8) is 0 Å². The largest absolute Gasteiger partial charge is 0.357 e. The van der Waals surface area contributed by atoms with Crippen molar-refractivity contribution < 1.29 is 0 Å². The minimum Gasteiger partial charge on any atom is -0.357 e. The lowest BCUT2D eigenvalue weighted by molar-refractivity contribution is 0.213. The molecule has 4 heteroatoms. The third-order valence-corrected chi connectivity index (χ3v) is 6.45. The summed E-state index contributed by atoms with van der Waals surface area (Å²) >= 11 is 1.96. The molecular weight excluding hydrogens is 326 g/mol. The summed E-state index contributed by atoms with van der Waals surface area (Å²) in [4.78, 5) is 11.3. The van der Waals surface area contributed by atoms with Crippen molar-refractivity contribution in [1.82, 2.24) is 9.80 Å². The molecule has 1 fully saturated rings. The van der Waals surface area contributed by atoms with Crippen LogP contribution in [0.2, 0.25) is 0 Å². The number of benzene rings is 2. The Kier molecular flexibility index (Phi) is 5.09. The standard InChI is InChI=1S/C21H25N3S/c1-23-13-15-24(16-14-23)21-12-11-19(17-7-3-2-4-8-17)25-20-10-6-5-9-18(20)22-21/h2-10,19H,11-16H2,1H3. The summed E-state index contributed by atoms with van der Waals surface area (Å²) in [6, 6.07) is 19.5. The van der Waals surface area contributed by atoms with E-state index < -0.39 is 0 Å². The van der Waals surface area contributed by atoms with Crippen LogP contribution in [0.5, 0.6) is 0 Å². The molecule has 1 unspecified atom stereocenters. The van der Waals surface area contributed by atoms with E-state index in [1.807, 2.05) is 11.8 Å². The van der Waals surface area contributed by atoms with Crippen LogP contribution in [0, 0.1) is 0 Å². The van der Waals surface area contributed by atoms with Crippen LogP contribution in [0.15, 0.2) is 64.5 Å². The Balaban J connectivity index is 1.64. The summed E-state index contributed by atoms with van der Waals surface area (Å²) in [6.07, 6.45) is 2.18. The van der Waals surface area contributed by atoms with Gasteiger partial charge in [0.15, 0.2) is 0 Å². The fourth-order valence-electron chi connectivity index (χ4n) is 3.51. The first-order chi connectivity index (χ1) is 12.3. The second-order valence-corrected chi connectivity index (χ2v) is 8.09. The summed E-state index contributed by atoms with van der Waals surface area (Å²) in [6.45, 7) is 4.41. The fraction of sp³-hybridized carbons (Fsp3) is 0.381. The molecule has 2 aliphatic heterocycles. The van der Waals surface area contributed by atoms with Crippen molar-refractivity contribution in [1.29, 1.82) is 0 Å². The van der Waals surface area contributed by atoms with Gasteiger partial charge in [0, 0.05) is 42.7 Å². The molecule has 3 nitrogen and oxygen atoms in total. The van der Waals surface area contributed by atoms with E-state index in [0.717, 1.165) is 44.7 Å². The van der Waals surface area contributed by atoms with Gasteiger partial charge in [0.25, 0.3) is 0 Å². The zero-order chi connectivity index (χ0) is 17.1. The predicted molar refractivity (Wildman–Crippen MR) is 107 cm³/mol. The van der Waals surface area contributed by atoms with E-state index in [1.54, 1.807) is 0 Å². The normalized spacial score (nSPS) is 21.9. The smallest absolute Gasteiger partial charge is 0.105 e. The maximum Gasteiger partial charge on any atom is 0.105 e. The van der Waals surface area contributed by atoms with Crippen molar-refractivity contribution >= 4 is 23.3 Å². The molecule has 0 bridgehead atoms. The van der Waals surface area contributed by atoms with Crippen molar-refractivity contribution in [2.75, 3.05) is 33.2 Å². The minimum absolute atomic E-state index is 0.486. The van der Waals surface area contributed by atoms with Gasteiger partial charge in [-0.3, -0.25) is 0 Å². The zero-order valence-corrected chi connectivity index (χ0v) is 15.6. The SMILES string of the molecule is CN1CCN(C2=Nc3ccccc3SC(c3ccccc3)CC2)CC1. The van der Waals surface area contributed by atoms with Gasteiger partial charge in [-0.15, -0.1) is 11.8 Å². The lowest BCUT2D eigenvalue weighted by Gasteiger charge is -2.35. The summed E-state index contributed by atoms with van der Waals surface area (Å²) in [5.74, 6) is 1.27. The topological polar surface area (TPSA) is 18.8 Å². The highest BCUT2D eigenvalue weighted by atomic mass is 32.2. The Morgan fingerprint density at radius 1 is 0.920 bits per heavy atom. The van der Waals surface area contributed by atoms with Gasteiger partial charge in [-0.05, 0) is 31.2 Å². The zero-order valence-electron chi connectivity index (χ0n) is 14.8. The Hall–Kier alpha value is -1.78. The number of fused-ring (bicyclic) bond motifs is 1. The lowest BCUT2D eigenvalue weighted by atomic mass is 10.1. The van der Waals surface area contributed by atoms with Gasteiger partial charge in [0.05, 0.1) is 5.69 Å². The van der Waals surface area contributed by atoms with Gasteiger partial charge in [-0.1, -0.05) is 42.5 Å². The number of likely N-dealkylation sites (N-methyl/N-ethyl adjacent to an activating group) is 1. The minimum atomic E-state index is 0.486. The van der Waals surface area contributed by atoms with E-state index in [2.05, 4.69) is 71.4 Å². The van der Waals surface area contributed by atoms with E-state index in [4.69, 9.17) is 4.99 Å². The lowest BCUT2D eigenvalue weighted by Crippen LogP contribution is -2.47. The van der Waals surface area contributed by atoms with E-state index in [0.29, 0.717) is 5.25 Å². The van der Waals surface area contributed by atoms with Crippen LogP contribution >= 0.6 is 11.8 Å². The van der Waals surface area contributed by atoms with Crippen molar-refractivity contribution in [3.05, 3.63) is 60.2 Å². The van der Waals surface area contributed by atoms with Crippen LogP contribution in [0.25, 0.3) is 0 Å². The van der Waals surface area contributed by atoms with Crippen LogP contribution in [-0.2, 0) is 0 Å². The van der Waals surface area contributed by atoms with E-state index >= 15 is 0 Å². The number of nitrogens with zero attached hydrogens (tertiary/aromatic N) is 3. The molecule has 2 aromatic carbocycles. The first-order valence-corrected chi connectivity index (χ1v) is 9.99. The maximum absolute atomic E-state index is 5.08. The molecule has 0 spiro atoms. The van der Waals surface area contributed by atoms with Crippen LogP contribution in [0.1, 0.15) is 23.7 Å². The maximum atomic E-state index is 5.08. The molecule has 0 amide bonds. The summed E-state index contributed by atoms with van der Waals surface area (Å²) in [7, 11) is 2.20. The van der Waals surface area contributed by atoms with Crippen LogP contribution in [0.4, 0.5) is 5.69 Å². The second kappa shape index (κ2) is 7.63. The Bertz CT molecular complexity index is 736. The van der Waals surface area contributed by atoms with E-state index in [9.17, 15) is 0 Å². The first kappa shape index (κ1) is 16.7. The van der Waals surface area contributed by atoms with E-state index in [-0.39, 0.29) is 0 Å². The van der Waals surface area contributed by atoms with Crippen molar-refractivity contribution in [2.24, 2.45) is 4.99 Å². The molecule has 130 valence electrons. The number of amidine groups is 1. The number of aliphatic imine (C=N–C) groups is 1. The molecule has 0 aromatic heterocycles. The van der Waals surface area contributed by atoms with Gasteiger partial charge >= 0.3 is 0 Å². The number of para-hydroxylation sites is 1.